The van der Waals surface area contributed by atoms with Gasteiger partial charge in [-0.3, -0.25) is 24.6 Å². The number of rotatable bonds is 5. The van der Waals surface area contributed by atoms with Crippen molar-refractivity contribution in [1.29, 1.82) is 0 Å². The molecule has 0 fully saturated rings. The number of nitro benzene ring substituents is 1. The second kappa shape index (κ2) is 7.67. The van der Waals surface area contributed by atoms with E-state index >= 15 is 0 Å². The molecule has 0 spiro atoms. The van der Waals surface area contributed by atoms with Gasteiger partial charge in [0, 0.05) is 17.8 Å². The first-order chi connectivity index (χ1) is 13.3. The van der Waals surface area contributed by atoms with Crippen LogP contribution in [-0.2, 0) is 9.59 Å². The smallest absolute Gasteiger partial charge is 0.271 e. The molecular weight excluding hydrogens is 362 g/mol. The predicted octanol–water partition coefficient (Wildman–Crippen LogP) is 3.35. The molecule has 1 aliphatic rings. The minimum absolute atomic E-state index is 0.176. The molecule has 2 amide bonds. The van der Waals surface area contributed by atoms with Crippen molar-refractivity contribution in [3.63, 3.8) is 0 Å². The minimum Gasteiger partial charge on any atom is -0.478 e. The van der Waals surface area contributed by atoms with Gasteiger partial charge in [-0.15, -0.1) is 0 Å². The lowest BCUT2D eigenvalue weighted by atomic mass is 10.1. The number of benzene rings is 2. The average molecular weight is 383 g/mol. The van der Waals surface area contributed by atoms with E-state index in [0.717, 1.165) is 11.1 Å². The van der Waals surface area contributed by atoms with Gasteiger partial charge in [-0.05, 0) is 43.5 Å². The summed E-state index contributed by atoms with van der Waals surface area (Å²) >= 11 is 0. The van der Waals surface area contributed by atoms with E-state index in [0.29, 0.717) is 17.9 Å². The number of fused-ring (bicyclic) bond motifs is 1. The van der Waals surface area contributed by atoms with Crippen LogP contribution in [0.1, 0.15) is 24.5 Å². The van der Waals surface area contributed by atoms with Crippen LogP contribution in [0.3, 0.4) is 0 Å². The van der Waals surface area contributed by atoms with E-state index < -0.39 is 22.8 Å². The predicted molar refractivity (Wildman–Crippen MR) is 105 cm³/mol. The van der Waals surface area contributed by atoms with E-state index in [1.165, 1.54) is 23.1 Å². The SMILES string of the molecule is CCC1Oc2ccc([N+](=O)[O-])cc2N(CC(=O)Nc2cccc(C)c2C)C1=O. The van der Waals surface area contributed by atoms with Crippen LogP contribution in [-0.4, -0.2) is 29.4 Å². The fourth-order valence-electron chi connectivity index (χ4n) is 3.07. The van der Waals surface area contributed by atoms with Crippen molar-refractivity contribution in [1.82, 2.24) is 0 Å². The molecule has 0 aliphatic carbocycles. The second-order valence-electron chi connectivity index (χ2n) is 6.64. The fraction of sp³-hybridized carbons (Fsp3) is 0.300. The molecule has 3 rings (SSSR count). The molecular formula is C20H21N3O5. The van der Waals surface area contributed by atoms with Crippen LogP contribution in [0, 0.1) is 24.0 Å². The first kappa shape index (κ1) is 19.3. The zero-order valence-corrected chi connectivity index (χ0v) is 15.9. The molecule has 0 saturated carbocycles. The molecule has 0 bridgehead atoms. The monoisotopic (exact) mass is 383 g/mol. The summed E-state index contributed by atoms with van der Waals surface area (Å²) in [6, 6.07) is 9.59. The maximum atomic E-state index is 12.8. The summed E-state index contributed by atoms with van der Waals surface area (Å²) in [4.78, 5) is 37.2. The van der Waals surface area contributed by atoms with Crippen molar-refractivity contribution in [3.8, 4) is 5.75 Å². The van der Waals surface area contributed by atoms with Gasteiger partial charge in [0.2, 0.25) is 5.91 Å². The van der Waals surface area contributed by atoms with Gasteiger partial charge >= 0.3 is 0 Å². The average Bonchev–Trinajstić information content (AvgIpc) is 2.67. The number of nitro groups is 1. The molecule has 8 heteroatoms. The lowest BCUT2D eigenvalue weighted by Gasteiger charge is -2.33. The van der Waals surface area contributed by atoms with Gasteiger partial charge in [-0.1, -0.05) is 19.1 Å². The Morgan fingerprint density at radius 3 is 2.71 bits per heavy atom. The summed E-state index contributed by atoms with van der Waals surface area (Å²) in [6.07, 6.45) is -0.313. The van der Waals surface area contributed by atoms with Crippen LogP contribution in [0.15, 0.2) is 36.4 Å². The van der Waals surface area contributed by atoms with Gasteiger partial charge in [-0.2, -0.15) is 0 Å². The first-order valence-electron chi connectivity index (χ1n) is 8.94. The Morgan fingerprint density at radius 1 is 1.29 bits per heavy atom. The number of amides is 2. The van der Waals surface area contributed by atoms with Crippen LogP contribution in [0.2, 0.25) is 0 Å². The summed E-state index contributed by atoms with van der Waals surface area (Å²) in [7, 11) is 0. The van der Waals surface area contributed by atoms with Crippen molar-refractivity contribution in [3.05, 3.63) is 57.6 Å². The molecule has 0 saturated heterocycles. The molecule has 0 radical (unpaired) electrons. The summed E-state index contributed by atoms with van der Waals surface area (Å²) < 4.78 is 5.65. The highest BCUT2D eigenvalue weighted by molar-refractivity contribution is 6.06. The largest absolute Gasteiger partial charge is 0.478 e. The van der Waals surface area contributed by atoms with Crippen molar-refractivity contribution < 1.29 is 19.2 Å². The standard InChI is InChI=1S/C20H21N3O5/c1-4-17-20(25)22(16-10-14(23(26)27)8-9-18(16)28-17)11-19(24)21-15-7-5-6-12(2)13(15)3/h5-10,17H,4,11H2,1-3H3,(H,21,24). The minimum atomic E-state index is -0.734. The number of anilines is 2. The Kier molecular flexibility index (Phi) is 5.30. The van der Waals surface area contributed by atoms with Crippen LogP contribution < -0.4 is 15.0 Å². The number of hydrogen-bond acceptors (Lipinski definition) is 5. The summed E-state index contributed by atoms with van der Waals surface area (Å²) in [6.45, 7) is 5.38. The topological polar surface area (TPSA) is 102 Å². The van der Waals surface area contributed by atoms with Crippen LogP contribution in [0.4, 0.5) is 17.1 Å². The highest BCUT2D eigenvalue weighted by atomic mass is 16.6. The third kappa shape index (κ3) is 3.66. The summed E-state index contributed by atoms with van der Waals surface area (Å²) in [5.41, 5.74) is 2.68. The van der Waals surface area contributed by atoms with Gasteiger partial charge in [-0.25, -0.2) is 0 Å². The number of nitrogens with one attached hydrogen (secondary N) is 1. The van der Waals surface area contributed by atoms with Gasteiger partial charge in [0.25, 0.3) is 11.6 Å². The van der Waals surface area contributed by atoms with Gasteiger partial charge in [0.05, 0.1) is 10.6 Å². The second-order valence-corrected chi connectivity index (χ2v) is 6.64. The van der Waals surface area contributed by atoms with Gasteiger partial charge < -0.3 is 10.1 Å². The normalized spacial score (nSPS) is 15.6. The molecule has 1 unspecified atom stereocenters. The van der Waals surface area contributed by atoms with Crippen LogP contribution in [0.5, 0.6) is 5.75 Å². The highest BCUT2D eigenvalue weighted by Crippen LogP contribution is 2.37. The van der Waals surface area contributed by atoms with E-state index in [4.69, 9.17) is 4.74 Å². The molecule has 0 aromatic heterocycles. The van der Waals surface area contributed by atoms with Crippen molar-refractivity contribution in [2.75, 3.05) is 16.8 Å². The molecule has 28 heavy (non-hydrogen) atoms. The first-order valence-corrected chi connectivity index (χ1v) is 8.94. The number of carbonyl (C=O) groups is 2. The maximum Gasteiger partial charge on any atom is 0.271 e. The molecule has 2 aromatic rings. The Bertz CT molecular complexity index is 957. The number of carbonyl (C=O) groups excluding carboxylic acids is 2. The molecule has 2 aromatic carbocycles. The van der Waals surface area contributed by atoms with E-state index in [9.17, 15) is 19.7 Å². The van der Waals surface area contributed by atoms with Crippen molar-refractivity contribution >= 4 is 28.9 Å². The molecule has 8 nitrogen and oxygen atoms in total. The Labute approximate surface area is 162 Å². The lowest BCUT2D eigenvalue weighted by molar-refractivity contribution is -0.384. The molecule has 1 atom stereocenters. The number of non-ortho nitro benzene ring substituents is 1. The van der Waals surface area contributed by atoms with E-state index in [2.05, 4.69) is 5.32 Å². The number of hydrogen-bond donors (Lipinski definition) is 1. The maximum absolute atomic E-state index is 12.8. The molecule has 1 heterocycles. The number of nitrogens with zero attached hydrogens (tertiary/aromatic N) is 2. The summed E-state index contributed by atoms with van der Waals surface area (Å²) in [5.74, 6) is -0.445. The zero-order valence-electron chi connectivity index (χ0n) is 15.9. The quantitative estimate of drug-likeness (QED) is 0.630. The Hall–Kier alpha value is -3.42. The number of aryl methyl sites for hydroxylation is 1. The van der Waals surface area contributed by atoms with Gasteiger partial charge in [0.15, 0.2) is 6.10 Å². The van der Waals surface area contributed by atoms with Gasteiger partial charge in [0.1, 0.15) is 12.3 Å². The number of ether oxygens (including phenoxy) is 1. The Balaban J connectivity index is 1.90. The van der Waals surface area contributed by atoms with Crippen LogP contribution in [0.25, 0.3) is 0 Å². The van der Waals surface area contributed by atoms with E-state index in [1.54, 1.807) is 13.0 Å². The zero-order chi connectivity index (χ0) is 20.4. The Morgan fingerprint density at radius 2 is 2.04 bits per heavy atom. The van der Waals surface area contributed by atoms with E-state index in [1.807, 2.05) is 26.0 Å². The third-order valence-corrected chi connectivity index (χ3v) is 4.81. The molecule has 1 aliphatic heterocycles. The highest BCUT2D eigenvalue weighted by Gasteiger charge is 2.35. The van der Waals surface area contributed by atoms with Crippen molar-refractivity contribution in [2.45, 2.75) is 33.3 Å². The fourth-order valence-corrected chi connectivity index (χ4v) is 3.07. The lowest BCUT2D eigenvalue weighted by Crippen LogP contribution is -2.48. The van der Waals surface area contributed by atoms with E-state index in [-0.39, 0.29) is 17.9 Å². The molecule has 146 valence electrons. The van der Waals surface area contributed by atoms with Crippen LogP contribution >= 0.6 is 0 Å². The van der Waals surface area contributed by atoms with Crippen molar-refractivity contribution in [2.24, 2.45) is 0 Å². The third-order valence-electron chi connectivity index (χ3n) is 4.81. The molecule has 1 N–H and O–H groups in total. The summed E-state index contributed by atoms with van der Waals surface area (Å²) in [5, 5.41) is 13.9.